The molecule has 1 spiro atoms. The van der Waals surface area contributed by atoms with E-state index in [-0.39, 0.29) is 0 Å². The molecule has 0 bridgehead atoms. The summed E-state index contributed by atoms with van der Waals surface area (Å²) in [7, 11) is 0. The summed E-state index contributed by atoms with van der Waals surface area (Å²) >= 11 is 0. The predicted molar refractivity (Wildman–Crippen MR) is 72.7 cm³/mol. The maximum absolute atomic E-state index is 3.96. The highest BCUT2D eigenvalue weighted by Crippen LogP contribution is 2.41. The number of nitrogens with one attached hydrogen (secondary N) is 1. The van der Waals surface area contributed by atoms with Gasteiger partial charge in [0.25, 0.3) is 0 Å². The van der Waals surface area contributed by atoms with Crippen molar-refractivity contribution >= 4 is 0 Å². The molecule has 0 aromatic rings. The average molecular weight is 227 g/mol. The summed E-state index contributed by atoms with van der Waals surface area (Å²) in [5.74, 6) is 0.990. The fraction of sp³-hybridized carbons (Fsp3) is 0.500. The minimum Gasteiger partial charge on any atom is -0.315 e. The van der Waals surface area contributed by atoms with E-state index in [1.807, 2.05) is 0 Å². The predicted octanol–water partition coefficient (Wildman–Crippen LogP) is 3.23. The van der Waals surface area contributed by atoms with Crippen molar-refractivity contribution in [2.24, 2.45) is 17.3 Å². The van der Waals surface area contributed by atoms with E-state index in [1.54, 1.807) is 0 Å². The van der Waals surface area contributed by atoms with Crippen LogP contribution in [0.25, 0.3) is 0 Å². The third-order valence-electron chi connectivity index (χ3n) is 4.03. The lowest BCUT2D eigenvalue weighted by molar-refractivity contribution is 0.306. The summed E-state index contributed by atoms with van der Waals surface area (Å²) in [6, 6.07) is 0. The maximum atomic E-state index is 3.96. The second-order valence-corrected chi connectivity index (χ2v) is 5.19. The van der Waals surface area contributed by atoms with Crippen LogP contribution in [0.2, 0.25) is 0 Å². The van der Waals surface area contributed by atoms with Gasteiger partial charge in [-0.1, -0.05) is 29.7 Å². The first-order chi connectivity index (χ1) is 8.29. The lowest BCUT2D eigenvalue weighted by Crippen LogP contribution is -2.29. The second kappa shape index (κ2) is 5.38. The van der Waals surface area contributed by atoms with Gasteiger partial charge in [-0.05, 0) is 43.8 Å². The highest BCUT2D eigenvalue weighted by Gasteiger charge is 2.36. The molecule has 1 aliphatic heterocycles. The molecule has 90 valence electrons. The van der Waals surface area contributed by atoms with E-state index in [0.29, 0.717) is 17.3 Å². The van der Waals surface area contributed by atoms with Crippen molar-refractivity contribution in [1.29, 1.82) is 0 Å². The lowest BCUT2D eigenvalue weighted by Gasteiger charge is -2.28. The van der Waals surface area contributed by atoms with Crippen molar-refractivity contribution in [2.45, 2.75) is 19.3 Å². The Morgan fingerprint density at radius 3 is 2.94 bits per heavy atom. The Kier molecular flexibility index (Phi) is 3.86. The standard InChI is InChI=1S/C16H21N/c1-3-5-8-15-11-16(9-6-7-10-16)13-17-12-14(15)4-2/h4,6,8-9,14-15,17H,1-2,7,10-13H2. The number of rotatable bonds is 2. The highest BCUT2D eigenvalue weighted by molar-refractivity contribution is 5.13. The normalized spacial score (nSPS) is 36.0. The molecular weight excluding hydrogens is 206 g/mol. The van der Waals surface area contributed by atoms with E-state index in [2.05, 4.69) is 54.2 Å². The summed E-state index contributed by atoms with van der Waals surface area (Å²) < 4.78 is 0. The van der Waals surface area contributed by atoms with E-state index in [1.165, 1.54) is 19.3 Å². The molecule has 1 fully saturated rings. The molecule has 3 atom stereocenters. The first-order valence-electron chi connectivity index (χ1n) is 6.41. The van der Waals surface area contributed by atoms with Crippen molar-refractivity contribution in [3.63, 3.8) is 0 Å². The van der Waals surface area contributed by atoms with Gasteiger partial charge < -0.3 is 5.32 Å². The minimum atomic E-state index is 0.349. The van der Waals surface area contributed by atoms with Crippen LogP contribution in [0.1, 0.15) is 19.3 Å². The molecule has 0 aromatic heterocycles. The van der Waals surface area contributed by atoms with Gasteiger partial charge in [0.15, 0.2) is 0 Å². The third kappa shape index (κ3) is 2.70. The fourth-order valence-corrected chi connectivity index (χ4v) is 3.04. The maximum Gasteiger partial charge on any atom is 0.00431 e. The third-order valence-corrected chi connectivity index (χ3v) is 4.03. The molecule has 1 heteroatoms. The van der Waals surface area contributed by atoms with Crippen LogP contribution in [0, 0.1) is 17.3 Å². The minimum absolute atomic E-state index is 0.349. The van der Waals surface area contributed by atoms with Crippen molar-refractivity contribution in [1.82, 2.24) is 5.32 Å². The Morgan fingerprint density at radius 1 is 1.41 bits per heavy atom. The number of hydrogen-bond acceptors (Lipinski definition) is 1. The van der Waals surface area contributed by atoms with Crippen LogP contribution in [0.15, 0.2) is 48.9 Å². The molecule has 2 aliphatic rings. The van der Waals surface area contributed by atoms with Crippen molar-refractivity contribution in [2.75, 3.05) is 13.1 Å². The first kappa shape index (κ1) is 12.2. The van der Waals surface area contributed by atoms with Crippen LogP contribution >= 0.6 is 0 Å². The largest absolute Gasteiger partial charge is 0.315 e. The van der Waals surface area contributed by atoms with Crippen molar-refractivity contribution < 1.29 is 0 Å². The second-order valence-electron chi connectivity index (χ2n) is 5.19. The molecule has 2 rings (SSSR count). The molecule has 3 unspecified atom stereocenters. The quantitative estimate of drug-likeness (QED) is 0.564. The van der Waals surface area contributed by atoms with Crippen LogP contribution in [0.3, 0.4) is 0 Å². The van der Waals surface area contributed by atoms with Crippen LogP contribution in [-0.2, 0) is 0 Å². The highest BCUT2D eigenvalue weighted by atomic mass is 14.9. The molecule has 1 aliphatic carbocycles. The molecule has 1 saturated heterocycles. The summed E-state index contributed by atoms with van der Waals surface area (Å²) in [4.78, 5) is 0. The smallest absolute Gasteiger partial charge is 0.00431 e. The fourth-order valence-electron chi connectivity index (χ4n) is 3.04. The van der Waals surface area contributed by atoms with Gasteiger partial charge in [-0.15, -0.1) is 6.58 Å². The van der Waals surface area contributed by atoms with Gasteiger partial charge in [0.1, 0.15) is 0 Å². The zero-order valence-corrected chi connectivity index (χ0v) is 10.4. The van der Waals surface area contributed by atoms with Gasteiger partial charge in [-0.25, -0.2) is 0 Å². The monoisotopic (exact) mass is 227 g/mol. The van der Waals surface area contributed by atoms with Crippen LogP contribution in [0.5, 0.6) is 0 Å². The van der Waals surface area contributed by atoms with Crippen LogP contribution in [0.4, 0.5) is 0 Å². The Labute approximate surface area is 104 Å². The van der Waals surface area contributed by atoms with Crippen molar-refractivity contribution in [3.05, 3.63) is 48.9 Å². The summed E-state index contributed by atoms with van der Waals surface area (Å²) in [6.07, 6.45) is 12.6. The zero-order valence-electron chi connectivity index (χ0n) is 10.4. The van der Waals surface area contributed by atoms with E-state index in [9.17, 15) is 0 Å². The Morgan fingerprint density at radius 2 is 2.29 bits per heavy atom. The molecular formula is C16H21N. The zero-order chi connectivity index (χ0) is 12.1. The Bertz CT molecular complexity index is 394. The molecule has 1 heterocycles. The van der Waals surface area contributed by atoms with Crippen LogP contribution in [-0.4, -0.2) is 13.1 Å². The molecule has 0 radical (unpaired) electrons. The lowest BCUT2D eigenvalue weighted by atomic mass is 9.76. The van der Waals surface area contributed by atoms with Gasteiger partial charge in [-0.3, -0.25) is 0 Å². The van der Waals surface area contributed by atoms with E-state index >= 15 is 0 Å². The van der Waals surface area contributed by atoms with Gasteiger partial charge in [0.05, 0.1) is 0 Å². The van der Waals surface area contributed by atoms with E-state index < -0.39 is 0 Å². The van der Waals surface area contributed by atoms with Gasteiger partial charge in [0.2, 0.25) is 0 Å². The molecule has 0 saturated carbocycles. The number of hydrogen-bond donors (Lipinski definition) is 1. The summed E-state index contributed by atoms with van der Waals surface area (Å²) in [5.41, 5.74) is 6.11. The Balaban J connectivity index is 2.23. The van der Waals surface area contributed by atoms with Crippen LogP contribution < -0.4 is 5.32 Å². The average Bonchev–Trinajstić information content (AvgIpc) is 2.71. The van der Waals surface area contributed by atoms with E-state index in [4.69, 9.17) is 0 Å². The summed E-state index contributed by atoms with van der Waals surface area (Å²) in [6.45, 7) is 9.65. The van der Waals surface area contributed by atoms with Crippen molar-refractivity contribution in [3.8, 4) is 0 Å². The molecule has 0 amide bonds. The number of allylic oxidation sites excluding steroid dienone is 2. The van der Waals surface area contributed by atoms with Gasteiger partial charge >= 0.3 is 0 Å². The van der Waals surface area contributed by atoms with Gasteiger partial charge in [0, 0.05) is 18.5 Å². The van der Waals surface area contributed by atoms with Gasteiger partial charge in [-0.2, -0.15) is 0 Å². The summed E-state index contributed by atoms with van der Waals surface area (Å²) in [5, 5.41) is 3.58. The SMILES string of the molecule is C=C=C=CC1CC2(C=CCC2)CNCC1C=C. The first-order valence-corrected chi connectivity index (χ1v) is 6.41. The topological polar surface area (TPSA) is 12.0 Å². The molecule has 1 N–H and O–H groups in total. The molecule has 0 aromatic carbocycles. The molecule has 17 heavy (non-hydrogen) atoms. The Hall–Kier alpha value is -1.26. The molecule has 1 nitrogen and oxygen atoms in total. The van der Waals surface area contributed by atoms with E-state index in [0.717, 1.165) is 13.1 Å².